The maximum atomic E-state index is 12.7. The van der Waals surface area contributed by atoms with Gasteiger partial charge in [0.25, 0.3) is 5.91 Å². The minimum atomic E-state index is -0.346. The predicted octanol–water partition coefficient (Wildman–Crippen LogP) is 7.96. The Morgan fingerprint density at radius 2 is 1.56 bits per heavy atom. The third-order valence-corrected chi connectivity index (χ3v) is 5.85. The van der Waals surface area contributed by atoms with Crippen molar-refractivity contribution in [3.05, 3.63) is 95.2 Å². The van der Waals surface area contributed by atoms with Gasteiger partial charge in [-0.15, -0.1) is 0 Å². The largest absolute Gasteiger partial charge is 0.451 e. The summed E-state index contributed by atoms with van der Waals surface area (Å²) in [6.07, 6.45) is 0. The number of oxazole rings is 1. The molecule has 5 nitrogen and oxygen atoms in total. The van der Waals surface area contributed by atoms with Crippen molar-refractivity contribution in [3.8, 4) is 22.8 Å². The number of nitrogens with zero attached hydrogens (tertiary/aromatic N) is 1. The van der Waals surface area contributed by atoms with Gasteiger partial charge >= 0.3 is 0 Å². The van der Waals surface area contributed by atoms with Gasteiger partial charge in [0.1, 0.15) is 11.3 Å². The molecule has 5 rings (SSSR count). The van der Waals surface area contributed by atoms with E-state index in [9.17, 15) is 4.79 Å². The summed E-state index contributed by atoms with van der Waals surface area (Å²) in [6.45, 7) is 6.54. The molecule has 1 amide bonds. The summed E-state index contributed by atoms with van der Waals surface area (Å²) in [4.78, 5) is 17.3. The van der Waals surface area contributed by atoms with Gasteiger partial charge in [-0.2, -0.15) is 0 Å². The van der Waals surface area contributed by atoms with E-state index in [1.807, 2.05) is 24.3 Å². The van der Waals surface area contributed by atoms with Crippen LogP contribution in [-0.2, 0) is 5.41 Å². The van der Waals surface area contributed by atoms with E-state index < -0.39 is 0 Å². The third-order valence-electron chi connectivity index (χ3n) is 5.60. The van der Waals surface area contributed by atoms with Gasteiger partial charge in [0.05, 0.1) is 0 Å². The maximum absolute atomic E-state index is 12.7. The summed E-state index contributed by atoms with van der Waals surface area (Å²) in [5.74, 6) is 0.999. The Labute approximate surface area is 202 Å². The van der Waals surface area contributed by atoms with Gasteiger partial charge in [-0.25, -0.2) is 4.98 Å². The highest BCUT2D eigenvalue weighted by Gasteiger charge is 2.16. The first-order valence-electron chi connectivity index (χ1n) is 10.9. The summed E-state index contributed by atoms with van der Waals surface area (Å²) in [6, 6.07) is 24.2. The number of benzene rings is 3. The molecule has 2 heterocycles. The molecule has 2 aromatic heterocycles. The van der Waals surface area contributed by atoms with Gasteiger partial charge in [0.2, 0.25) is 5.89 Å². The Bertz CT molecular complexity index is 1470. The van der Waals surface area contributed by atoms with E-state index in [2.05, 4.69) is 43.2 Å². The summed E-state index contributed by atoms with van der Waals surface area (Å²) >= 11 is 5.94. The third kappa shape index (κ3) is 4.47. The van der Waals surface area contributed by atoms with Crippen molar-refractivity contribution < 1.29 is 13.6 Å². The normalized spacial score (nSPS) is 11.6. The quantitative estimate of drug-likeness (QED) is 0.289. The topological polar surface area (TPSA) is 68.3 Å². The summed E-state index contributed by atoms with van der Waals surface area (Å²) in [5, 5.41) is 3.50. The Morgan fingerprint density at radius 1 is 0.853 bits per heavy atom. The Morgan fingerprint density at radius 3 is 2.26 bits per heavy atom. The number of fused-ring (bicyclic) bond motifs is 1. The number of rotatable bonds is 4. The van der Waals surface area contributed by atoms with Crippen molar-refractivity contribution in [2.24, 2.45) is 0 Å². The van der Waals surface area contributed by atoms with Crippen LogP contribution in [-0.4, -0.2) is 10.9 Å². The molecule has 0 aliphatic heterocycles. The number of amides is 1. The number of halogens is 1. The molecule has 0 aliphatic rings. The van der Waals surface area contributed by atoms with Crippen LogP contribution >= 0.6 is 11.6 Å². The van der Waals surface area contributed by atoms with Crippen LogP contribution < -0.4 is 5.32 Å². The molecule has 5 aromatic rings. The lowest BCUT2D eigenvalue weighted by atomic mass is 9.87. The van der Waals surface area contributed by atoms with E-state index in [1.165, 1.54) is 5.56 Å². The Balaban J connectivity index is 1.34. The van der Waals surface area contributed by atoms with E-state index in [0.29, 0.717) is 33.5 Å². The van der Waals surface area contributed by atoms with Gasteiger partial charge in [-0.05, 0) is 77.7 Å². The zero-order chi connectivity index (χ0) is 23.9. The minimum absolute atomic E-state index is 0.0799. The maximum Gasteiger partial charge on any atom is 0.291 e. The van der Waals surface area contributed by atoms with E-state index >= 15 is 0 Å². The highest BCUT2D eigenvalue weighted by molar-refractivity contribution is 6.30. The molecule has 3 aromatic carbocycles. The molecule has 0 unspecified atom stereocenters. The van der Waals surface area contributed by atoms with E-state index in [-0.39, 0.29) is 17.1 Å². The van der Waals surface area contributed by atoms with Crippen LogP contribution in [0.25, 0.3) is 33.9 Å². The standard InChI is InChI=1S/C28H23ClN2O3/c1-28(2,3)19-8-4-18(5-9-19)27-31-22-16-21(12-13-24(22)34-27)30-26(32)25-15-14-23(33-25)17-6-10-20(29)11-7-17/h4-16H,1-3H3,(H,30,32). The van der Waals surface area contributed by atoms with Crippen LogP contribution in [0.2, 0.25) is 5.02 Å². The Kier molecular flexibility index (Phi) is 5.50. The fourth-order valence-electron chi connectivity index (χ4n) is 3.66. The number of nitrogens with one attached hydrogen (secondary N) is 1. The van der Waals surface area contributed by atoms with Gasteiger partial charge in [-0.3, -0.25) is 4.79 Å². The smallest absolute Gasteiger partial charge is 0.291 e. The number of hydrogen-bond donors (Lipinski definition) is 1. The van der Waals surface area contributed by atoms with Crippen molar-refractivity contribution in [1.82, 2.24) is 4.98 Å². The highest BCUT2D eigenvalue weighted by Crippen LogP contribution is 2.29. The van der Waals surface area contributed by atoms with Crippen molar-refractivity contribution in [2.45, 2.75) is 26.2 Å². The first-order chi connectivity index (χ1) is 16.3. The van der Waals surface area contributed by atoms with E-state index in [1.54, 1.807) is 42.5 Å². The monoisotopic (exact) mass is 470 g/mol. The van der Waals surface area contributed by atoms with Crippen LogP contribution in [0.1, 0.15) is 36.9 Å². The van der Waals surface area contributed by atoms with Crippen LogP contribution in [0.3, 0.4) is 0 Å². The molecule has 0 aliphatic carbocycles. The molecule has 0 atom stereocenters. The number of anilines is 1. The second-order valence-electron chi connectivity index (χ2n) is 9.15. The molecule has 34 heavy (non-hydrogen) atoms. The van der Waals surface area contributed by atoms with E-state index in [4.69, 9.17) is 20.4 Å². The first-order valence-corrected chi connectivity index (χ1v) is 11.3. The van der Waals surface area contributed by atoms with Gasteiger partial charge < -0.3 is 14.2 Å². The molecular weight excluding hydrogens is 448 g/mol. The predicted molar refractivity (Wildman–Crippen MR) is 135 cm³/mol. The summed E-state index contributed by atoms with van der Waals surface area (Å²) < 4.78 is 11.7. The number of carbonyl (C=O) groups is 1. The molecule has 0 radical (unpaired) electrons. The van der Waals surface area contributed by atoms with Crippen molar-refractivity contribution in [1.29, 1.82) is 0 Å². The lowest BCUT2D eigenvalue weighted by Crippen LogP contribution is -2.10. The SMILES string of the molecule is CC(C)(C)c1ccc(-c2nc3cc(NC(=O)c4ccc(-c5ccc(Cl)cc5)o4)ccc3o2)cc1. The summed E-state index contributed by atoms with van der Waals surface area (Å²) in [5.41, 5.74) is 4.98. The van der Waals surface area contributed by atoms with Crippen molar-refractivity contribution in [3.63, 3.8) is 0 Å². The van der Waals surface area contributed by atoms with Crippen molar-refractivity contribution in [2.75, 3.05) is 5.32 Å². The van der Waals surface area contributed by atoms with E-state index in [0.717, 1.165) is 11.1 Å². The molecule has 0 bridgehead atoms. The average molecular weight is 471 g/mol. The van der Waals surface area contributed by atoms with Crippen molar-refractivity contribution >= 4 is 34.3 Å². The average Bonchev–Trinajstić information content (AvgIpc) is 3.46. The minimum Gasteiger partial charge on any atom is -0.451 e. The lowest BCUT2D eigenvalue weighted by Gasteiger charge is -2.18. The van der Waals surface area contributed by atoms with Gasteiger partial charge in [0.15, 0.2) is 11.3 Å². The first kappa shape index (κ1) is 22.0. The molecule has 6 heteroatoms. The fraction of sp³-hybridized carbons (Fsp3) is 0.143. The molecule has 1 N–H and O–H groups in total. The molecule has 0 saturated carbocycles. The number of aromatic nitrogens is 1. The summed E-state index contributed by atoms with van der Waals surface area (Å²) in [7, 11) is 0. The molecule has 0 fully saturated rings. The second-order valence-corrected chi connectivity index (χ2v) is 9.59. The molecule has 170 valence electrons. The van der Waals surface area contributed by atoms with Crippen LogP contribution in [0.15, 0.2) is 87.7 Å². The van der Waals surface area contributed by atoms with Crippen LogP contribution in [0, 0.1) is 0 Å². The van der Waals surface area contributed by atoms with Gasteiger partial charge in [0, 0.05) is 21.8 Å². The highest BCUT2D eigenvalue weighted by atomic mass is 35.5. The lowest BCUT2D eigenvalue weighted by molar-refractivity contribution is 0.0997. The van der Waals surface area contributed by atoms with Gasteiger partial charge in [-0.1, -0.05) is 44.5 Å². The zero-order valence-corrected chi connectivity index (χ0v) is 19.8. The number of carbonyl (C=O) groups excluding carboxylic acids is 1. The fourth-order valence-corrected chi connectivity index (χ4v) is 3.79. The van der Waals surface area contributed by atoms with Crippen LogP contribution in [0.4, 0.5) is 5.69 Å². The molecular formula is C28H23ClN2O3. The number of hydrogen-bond acceptors (Lipinski definition) is 4. The molecule has 0 saturated heterocycles. The molecule has 0 spiro atoms. The zero-order valence-electron chi connectivity index (χ0n) is 19.1. The Hall–Kier alpha value is -3.83. The number of furan rings is 1. The van der Waals surface area contributed by atoms with Crippen LogP contribution in [0.5, 0.6) is 0 Å². The second kappa shape index (κ2) is 8.50.